The van der Waals surface area contributed by atoms with Crippen LogP contribution in [0.15, 0.2) is 11.6 Å². The quantitative estimate of drug-likeness (QED) is 0.0649. The second-order valence-electron chi connectivity index (χ2n) is 14.9. The number of ether oxygens (including phenoxy) is 3. The van der Waals surface area contributed by atoms with Gasteiger partial charge in [0.2, 0.25) is 0 Å². The van der Waals surface area contributed by atoms with Crippen molar-refractivity contribution in [1.29, 1.82) is 0 Å². The molecule has 6 nitrogen and oxygen atoms in total. The largest absolute Gasteiger partial charge is 0.455 e. The summed E-state index contributed by atoms with van der Waals surface area (Å²) in [5.74, 6) is -0.109. The fourth-order valence-electron chi connectivity index (χ4n) is 7.78. The van der Waals surface area contributed by atoms with Crippen LogP contribution in [0.25, 0.3) is 0 Å². The summed E-state index contributed by atoms with van der Waals surface area (Å²) in [7, 11) is 0. The van der Waals surface area contributed by atoms with Gasteiger partial charge in [0.25, 0.3) is 0 Å². The van der Waals surface area contributed by atoms with E-state index < -0.39 is 0 Å². The molecule has 2 N–H and O–H groups in total. The second-order valence-corrected chi connectivity index (χ2v) is 14.9. The van der Waals surface area contributed by atoms with Crippen LogP contribution in [-0.4, -0.2) is 58.9 Å². The van der Waals surface area contributed by atoms with E-state index in [-0.39, 0.29) is 48.7 Å². The molecule has 3 aliphatic heterocycles. The number of unbranched alkanes of at least 4 members (excludes halogenated alkanes) is 19. The SMILES string of the molecule is CCCCCCCCCC[C@@H](O)[C@H]1CC[C@H]([C@H]2CC[C@H]([C@H](O)CCCCCCCCCCCCCCCC3=C[C@H](C)OC3=O)O2)O1. The standard InChI is InChI=1S/C40H72O6/c1-3-4-5-6-7-16-19-22-25-34(41)36-27-29-38(45-36)39-30-28-37(46-39)35(42)26-23-20-17-14-12-10-8-9-11-13-15-18-21-24-33-31-32(2)44-40(33)43/h31-32,34-39,41-42H,3-30H2,1-2H3/t32-,34+,35+,36+,37+,38+,39+/m0/s1. The lowest BCUT2D eigenvalue weighted by Crippen LogP contribution is -2.33. The molecule has 0 unspecified atom stereocenters. The second kappa shape index (κ2) is 24.2. The summed E-state index contributed by atoms with van der Waals surface area (Å²) in [5, 5.41) is 21.5. The lowest BCUT2D eigenvalue weighted by atomic mass is 10.0. The number of aliphatic hydroxyl groups is 2. The summed E-state index contributed by atoms with van der Waals surface area (Å²) in [5.41, 5.74) is 0.880. The molecule has 3 rings (SSSR count). The third kappa shape index (κ3) is 16.0. The molecule has 0 bridgehead atoms. The number of hydrogen-bond acceptors (Lipinski definition) is 6. The van der Waals surface area contributed by atoms with Gasteiger partial charge >= 0.3 is 5.97 Å². The average molecular weight is 649 g/mol. The first-order valence-electron chi connectivity index (χ1n) is 20.1. The Morgan fingerprint density at radius 3 is 1.39 bits per heavy atom. The van der Waals surface area contributed by atoms with E-state index in [0.29, 0.717) is 0 Å². The normalized spacial score (nSPS) is 26.0. The van der Waals surface area contributed by atoms with Crippen molar-refractivity contribution in [2.75, 3.05) is 0 Å². The fourth-order valence-corrected chi connectivity index (χ4v) is 7.78. The Labute approximate surface area is 282 Å². The van der Waals surface area contributed by atoms with E-state index in [4.69, 9.17) is 14.2 Å². The summed E-state index contributed by atoms with van der Waals surface area (Å²) in [4.78, 5) is 11.6. The summed E-state index contributed by atoms with van der Waals surface area (Å²) in [6.45, 7) is 4.18. The molecule has 0 saturated carbocycles. The minimum absolute atomic E-state index is 0.0383. The first-order chi connectivity index (χ1) is 22.5. The van der Waals surface area contributed by atoms with E-state index in [1.807, 2.05) is 13.0 Å². The molecule has 0 aromatic heterocycles. The number of rotatable bonds is 28. The first kappa shape index (κ1) is 39.5. The van der Waals surface area contributed by atoms with Gasteiger partial charge < -0.3 is 24.4 Å². The van der Waals surface area contributed by atoms with Gasteiger partial charge in [0, 0.05) is 5.57 Å². The maximum atomic E-state index is 11.6. The highest BCUT2D eigenvalue weighted by Gasteiger charge is 2.40. The van der Waals surface area contributed by atoms with Crippen molar-refractivity contribution < 1.29 is 29.2 Å². The predicted molar refractivity (Wildman–Crippen MR) is 188 cm³/mol. The maximum Gasteiger partial charge on any atom is 0.334 e. The molecule has 46 heavy (non-hydrogen) atoms. The van der Waals surface area contributed by atoms with Gasteiger partial charge in [-0.15, -0.1) is 0 Å². The van der Waals surface area contributed by atoms with Crippen molar-refractivity contribution in [3.05, 3.63) is 11.6 Å². The van der Waals surface area contributed by atoms with Gasteiger partial charge in [-0.1, -0.05) is 135 Å². The van der Waals surface area contributed by atoms with Crippen LogP contribution in [0, 0.1) is 0 Å². The highest BCUT2D eigenvalue weighted by molar-refractivity contribution is 5.90. The Bertz CT molecular complexity index is 814. The minimum atomic E-state index is -0.366. The molecule has 0 amide bonds. The van der Waals surface area contributed by atoms with Crippen LogP contribution in [0.1, 0.15) is 194 Å². The van der Waals surface area contributed by atoms with E-state index >= 15 is 0 Å². The van der Waals surface area contributed by atoms with Crippen LogP contribution in [-0.2, 0) is 19.0 Å². The number of cyclic esters (lactones) is 1. The topological polar surface area (TPSA) is 85.2 Å². The van der Waals surface area contributed by atoms with E-state index in [1.165, 1.54) is 116 Å². The molecule has 268 valence electrons. The van der Waals surface area contributed by atoms with Gasteiger partial charge in [0.15, 0.2) is 0 Å². The van der Waals surface area contributed by atoms with Gasteiger partial charge in [-0.25, -0.2) is 4.79 Å². The zero-order chi connectivity index (χ0) is 32.8. The first-order valence-corrected chi connectivity index (χ1v) is 20.1. The van der Waals surface area contributed by atoms with Crippen molar-refractivity contribution >= 4 is 5.97 Å². The summed E-state index contributed by atoms with van der Waals surface area (Å²) in [6, 6.07) is 0. The molecular formula is C40H72O6. The van der Waals surface area contributed by atoms with Crippen LogP contribution in [0.4, 0.5) is 0 Å². The lowest BCUT2D eigenvalue weighted by Gasteiger charge is -2.24. The van der Waals surface area contributed by atoms with Gasteiger partial charge in [0.05, 0.1) is 36.6 Å². The molecular weight excluding hydrogens is 576 g/mol. The van der Waals surface area contributed by atoms with Crippen LogP contribution in [0.2, 0.25) is 0 Å². The molecule has 0 aliphatic carbocycles. The molecule has 0 aromatic rings. The van der Waals surface area contributed by atoms with Gasteiger partial charge in [-0.2, -0.15) is 0 Å². The summed E-state index contributed by atoms with van der Waals surface area (Å²) in [6.07, 6.45) is 34.3. The minimum Gasteiger partial charge on any atom is -0.455 e. The highest BCUT2D eigenvalue weighted by atomic mass is 16.6. The van der Waals surface area contributed by atoms with Crippen LogP contribution in [0.5, 0.6) is 0 Å². The zero-order valence-electron chi connectivity index (χ0n) is 29.9. The lowest BCUT2D eigenvalue weighted by molar-refractivity contribution is -0.139. The van der Waals surface area contributed by atoms with E-state index in [9.17, 15) is 15.0 Å². The van der Waals surface area contributed by atoms with E-state index in [1.54, 1.807) is 0 Å². The van der Waals surface area contributed by atoms with Gasteiger partial charge in [-0.05, 0) is 64.4 Å². The van der Waals surface area contributed by atoms with Crippen LogP contribution >= 0.6 is 0 Å². The number of esters is 1. The molecule has 3 aliphatic rings. The smallest absolute Gasteiger partial charge is 0.334 e. The molecule has 2 saturated heterocycles. The molecule has 0 aromatic carbocycles. The molecule has 7 atom stereocenters. The van der Waals surface area contributed by atoms with Crippen molar-refractivity contribution in [2.24, 2.45) is 0 Å². The Morgan fingerprint density at radius 1 is 0.609 bits per heavy atom. The number of hydrogen-bond donors (Lipinski definition) is 2. The third-order valence-corrected chi connectivity index (χ3v) is 10.7. The van der Waals surface area contributed by atoms with Crippen LogP contribution in [0.3, 0.4) is 0 Å². The molecule has 3 heterocycles. The third-order valence-electron chi connectivity index (χ3n) is 10.7. The number of carbonyl (C=O) groups excluding carboxylic acids is 1. The Balaban J connectivity index is 1.08. The van der Waals surface area contributed by atoms with E-state index in [2.05, 4.69) is 6.92 Å². The zero-order valence-corrected chi connectivity index (χ0v) is 29.9. The number of carbonyl (C=O) groups is 1. The molecule has 6 heteroatoms. The van der Waals surface area contributed by atoms with Crippen LogP contribution < -0.4 is 0 Å². The summed E-state index contributed by atoms with van der Waals surface area (Å²) < 4.78 is 17.8. The Morgan fingerprint density at radius 2 is 1.00 bits per heavy atom. The predicted octanol–water partition coefficient (Wildman–Crippen LogP) is 10.1. The van der Waals surface area contributed by atoms with Crippen molar-refractivity contribution in [2.45, 2.75) is 236 Å². The average Bonchev–Trinajstić information content (AvgIpc) is 3.80. The van der Waals surface area contributed by atoms with Crippen molar-refractivity contribution in [3.63, 3.8) is 0 Å². The monoisotopic (exact) mass is 649 g/mol. The van der Waals surface area contributed by atoms with Gasteiger partial charge in [0.1, 0.15) is 6.10 Å². The number of aliphatic hydroxyl groups excluding tert-OH is 2. The van der Waals surface area contributed by atoms with Crippen molar-refractivity contribution in [1.82, 2.24) is 0 Å². The summed E-state index contributed by atoms with van der Waals surface area (Å²) >= 11 is 0. The van der Waals surface area contributed by atoms with E-state index in [0.717, 1.165) is 69.8 Å². The molecule has 2 fully saturated rings. The highest BCUT2D eigenvalue weighted by Crippen LogP contribution is 2.34. The Hall–Kier alpha value is -0.950. The molecule has 0 radical (unpaired) electrons. The Kier molecular flexibility index (Phi) is 20.8. The van der Waals surface area contributed by atoms with Gasteiger partial charge in [-0.3, -0.25) is 0 Å². The molecule has 0 spiro atoms. The van der Waals surface area contributed by atoms with Crippen molar-refractivity contribution in [3.8, 4) is 0 Å². The maximum absolute atomic E-state index is 11.6. The fraction of sp³-hybridized carbons (Fsp3) is 0.925.